The normalized spacial score (nSPS) is 17.9. The molecule has 0 aliphatic carbocycles. The van der Waals surface area contributed by atoms with Crippen LogP contribution in [0.1, 0.15) is 18.4 Å². The summed E-state index contributed by atoms with van der Waals surface area (Å²) in [4.78, 5) is 13.2. The summed E-state index contributed by atoms with van der Waals surface area (Å²) < 4.78 is 14.4. The fraction of sp³-hybridized carbons (Fsp3) is 0.462. The summed E-state index contributed by atoms with van der Waals surface area (Å²) in [6.07, 6.45) is 1.54. The van der Waals surface area contributed by atoms with Crippen LogP contribution < -0.4 is 5.73 Å². The second-order valence-electron chi connectivity index (χ2n) is 4.69. The molecule has 0 atom stereocenters. The number of benzene rings is 1. The first-order valence-corrected chi connectivity index (χ1v) is 6.81. The van der Waals surface area contributed by atoms with Crippen molar-refractivity contribution in [1.82, 2.24) is 4.90 Å². The van der Waals surface area contributed by atoms with Crippen molar-refractivity contribution in [1.29, 1.82) is 0 Å². The van der Waals surface area contributed by atoms with E-state index in [4.69, 9.17) is 5.73 Å². The Morgan fingerprint density at radius 2 is 2.11 bits per heavy atom. The molecule has 0 unspecified atom stereocenters. The lowest BCUT2D eigenvalue weighted by Crippen LogP contribution is -2.38. The quantitative estimate of drug-likeness (QED) is 0.930. The van der Waals surface area contributed by atoms with Crippen molar-refractivity contribution < 1.29 is 9.18 Å². The van der Waals surface area contributed by atoms with Crippen LogP contribution in [-0.2, 0) is 11.3 Å². The molecule has 0 saturated carbocycles. The molecule has 3 nitrogen and oxygen atoms in total. The second-order valence-corrected chi connectivity index (χ2v) is 5.60. The number of likely N-dealkylation sites (tertiary alicyclic amines) is 1. The van der Waals surface area contributed by atoms with Crippen molar-refractivity contribution in [2.75, 3.05) is 13.1 Å². The van der Waals surface area contributed by atoms with E-state index in [1.54, 1.807) is 6.07 Å². The van der Waals surface area contributed by atoms with Gasteiger partial charge in [0, 0.05) is 22.5 Å². The number of piperidine rings is 1. The molecule has 2 N–H and O–H groups in total. The van der Waals surface area contributed by atoms with E-state index in [0.717, 1.165) is 30.4 Å². The smallest absolute Gasteiger partial charge is 0.220 e. The van der Waals surface area contributed by atoms with Crippen LogP contribution in [0.4, 0.5) is 4.39 Å². The molecule has 1 fully saturated rings. The van der Waals surface area contributed by atoms with Crippen molar-refractivity contribution in [2.45, 2.75) is 19.4 Å². The first-order valence-electron chi connectivity index (χ1n) is 6.02. The van der Waals surface area contributed by atoms with E-state index in [9.17, 15) is 9.18 Å². The topological polar surface area (TPSA) is 46.3 Å². The molecule has 18 heavy (non-hydrogen) atoms. The van der Waals surface area contributed by atoms with Gasteiger partial charge in [-0.05, 0) is 38.1 Å². The van der Waals surface area contributed by atoms with Gasteiger partial charge in [0.05, 0.1) is 0 Å². The van der Waals surface area contributed by atoms with Crippen molar-refractivity contribution in [3.8, 4) is 0 Å². The third-order valence-corrected chi connectivity index (χ3v) is 3.89. The van der Waals surface area contributed by atoms with Crippen LogP contribution in [0.2, 0.25) is 0 Å². The Morgan fingerprint density at radius 1 is 1.44 bits per heavy atom. The summed E-state index contributed by atoms with van der Waals surface area (Å²) in [5.74, 6) is -0.429. The SMILES string of the molecule is NC(=O)C1CCN(Cc2ccc(Br)cc2F)CC1. The van der Waals surface area contributed by atoms with Gasteiger partial charge in [-0.15, -0.1) is 0 Å². The monoisotopic (exact) mass is 314 g/mol. The molecular weight excluding hydrogens is 299 g/mol. The van der Waals surface area contributed by atoms with Gasteiger partial charge in [0.25, 0.3) is 0 Å². The molecule has 1 aliphatic heterocycles. The minimum atomic E-state index is -0.218. The number of nitrogens with zero attached hydrogens (tertiary/aromatic N) is 1. The first-order chi connectivity index (χ1) is 8.56. The first kappa shape index (κ1) is 13.5. The van der Waals surface area contributed by atoms with Crippen LogP contribution in [0.5, 0.6) is 0 Å². The van der Waals surface area contributed by atoms with Gasteiger partial charge in [0.1, 0.15) is 5.82 Å². The highest BCUT2D eigenvalue weighted by Gasteiger charge is 2.23. The zero-order valence-corrected chi connectivity index (χ0v) is 11.6. The number of nitrogens with two attached hydrogens (primary N) is 1. The summed E-state index contributed by atoms with van der Waals surface area (Å²) in [6.45, 7) is 2.18. The summed E-state index contributed by atoms with van der Waals surface area (Å²) in [5.41, 5.74) is 5.97. The molecule has 5 heteroatoms. The molecule has 0 radical (unpaired) electrons. The molecule has 0 aromatic heterocycles. The van der Waals surface area contributed by atoms with Gasteiger partial charge in [-0.25, -0.2) is 4.39 Å². The molecule has 1 aromatic rings. The maximum Gasteiger partial charge on any atom is 0.220 e. The summed E-state index contributed by atoms with van der Waals surface area (Å²) in [7, 11) is 0. The van der Waals surface area contributed by atoms with E-state index in [2.05, 4.69) is 20.8 Å². The largest absolute Gasteiger partial charge is 0.369 e. The molecule has 1 aliphatic rings. The van der Waals surface area contributed by atoms with E-state index in [-0.39, 0.29) is 17.6 Å². The van der Waals surface area contributed by atoms with Crippen molar-refractivity contribution in [3.05, 3.63) is 34.1 Å². The predicted molar refractivity (Wildman–Crippen MR) is 71.3 cm³/mol. The maximum absolute atomic E-state index is 13.7. The lowest BCUT2D eigenvalue weighted by Gasteiger charge is -2.30. The summed E-state index contributed by atoms with van der Waals surface area (Å²) >= 11 is 3.24. The van der Waals surface area contributed by atoms with E-state index >= 15 is 0 Å². The number of halogens is 2. The van der Waals surface area contributed by atoms with E-state index < -0.39 is 0 Å². The minimum Gasteiger partial charge on any atom is -0.369 e. The average Bonchev–Trinajstić information content (AvgIpc) is 2.33. The average molecular weight is 315 g/mol. The Balaban J connectivity index is 1.93. The summed E-state index contributed by atoms with van der Waals surface area (Å²) in [5, 5.41) is 0. The fourth-order valence-corrected chi connectivity index (χ4v) is 2.60. The van der Waals surface area contributed by atoms with Crippen LogP contribution in [0.15, 0.2) is 22.7 Å². The zero-order valence-electron chi connectivity index (χ0n) is 10.0. The van der Waals surface area contributed by atoms with Crippen LogP contribution in [0.25, 0.3) is 0 Å². The van der Waals surface area contributed by atoms with E-state index in [1.807, 2.05) is 6.07 Å². The Labute approximate surface area is 114 Å². The molecule has 2 rings (SSSR count). The fourth-order valence-electron chi connectivity index (χ4n) is 2.27. The van der Waals surface area contributed by atoms with Crippen LogP contribution in [0.3, 0.4) is 0 Å². The Bertz CT molecular complexity index is 445. The van der Waals surface area contributed by atoms with Crippen LogP contribution in [0, 0.1) is 11.7 Å². The molecule has 98 valence electrons. The van der Waals surface area contributed by atoms with Gasteiger partial charge >= 0.3 is 0 Å². The molecule has 1 amide bonds. The minimum absolute atomic E-state index is 0.0176. The molecule has 1 saturated heterocycles. The number of carbonyl (C=O) groups is 1. The summed E-state index contributed by atoms with van der Waals surface area (Å²) in [6, 6.07) is 5.11. The zero-order chi connectivity index (χ0) is 13.1. The Kier molecular flexibility index (Phi) is 4.35. The van der Waals surface area contributed by atoms with Gasteiger partial charge in [0.15, 0.2) is 0 Å². The molecule has 0 spiro atoms. The van der Waals surface area contributed by atoms with Crippen LogP contribution >= 0.6 is 15.9 Å². The third-order valence-electron chi connectivity index (χ3n) is 3.40. The number of hydrogen-bond donors (Lipinski definition) is 1. The second kappa shape index (κ2) is 5.80. The predicted octanol–water partition coefficient (Wildman–Crippen LogP) is 2.29. The Morgan fingerprint density at radius 3 is 2.67 bits per heavy atom. The number of amides is 1. The van der Waals surface area contributed by atoms with Crippen LogP contribution in [-0.4, -0.2) is 23.9 Å². The van der Waals surface area contributed by atoms with Crippen molar-refractivity contribution >= 4 is 21.8 Å². The lowest BCUT2D eigenvalue weighted by molar-refractivity contribution is -0.123. The molecule has 1 heterocycles. The lowest BCUT2D eigenvalue weighted by atomic mass is 9.96. The highest BCUT2D eigenvalue weighted by atomic mass is 79.9. The standard InChI is InChI=1S/C13H16BrFN2O/c14-11-2-1-10(12(15)7-11)8-17-5-3-9(4-6-17)13(16)18/h1-2,7,9H,3-6,8H2,(H2,16,18). The molecule has 0 bridgehead atoms. The number of rotatable bonds is 3. The van der Waals surface area contributed by atoms with Gasteiger partial charge in [0.2, 0.25) is 5.91 Å². The van der Waals surface area contributed by atoms with Crippen molar-refractivity contribution in [3.63, 3.8) is 0 Å². The highest BCUT2D eigenvalue weighted by molar-refractivity contribution is 9.10. The number of carbonyl (C=O) groups excluding carboxylic acids is 1. The van der Waals surface area contributed by atoms with Crippen molar-refractivity contribution in [2.24, 2.45) is 11.7 Å². The third kappa shape index (κ3) is 3.29. The van der Waals surface area contributed by atoms with Gasteiger partial charge in [-0.3, -0.25) is 9.69 Å². The molecular formula is C13H16BrFN2O. The Hall–Kier alpha value is -0.940. The van der Waals surface area contributed by atoms with Gasteiger partial charge in [-0.1, -0.05) is 22.0 Å². The molecule has 1 aromatic carbocycles. The highest BCUT2D eigenvalue weighted by Crippen LogP contribution is 2.21. The number of primary amides is 1. The van der Waals surface area contributed by atoms with E-state index in [0.29, 0.717) is 12.1 Å². The van der Waals surface area contributed by atoms with E-state index in [1.165, 1.54) is 6.07 Å². The van der Waals surface area contributed by atoms with Gasteiger partial charge < -0.3 is 5.73 Å². The maximum atomic E-state index is 13.7. The number of hydrogen-bond acceptors (Lipinski definition) is 2. The van der Waals surface area contributed by atoms with Gasteiger partial charge in [-0.2, -0.15) is 0 Å².